The number of phenols is 1. The van der Waals surface area contributed by atoms with Crippen molar-refractivity contribution in [2.45, 2.75) is 6.92 Å². The van der Waals surface area contributed by atoms with Gasteiger partial charge in [-0.15, -0.1) is 5.11 Å². The van der Waals surface area contributed by atoms with Crippen LogP contribution in [-0.4, -0.2) is 70.3 Å². The number of likely N-dealkylation sites (N-methyl/N-ethyl adjacent to an activating group) is 1. The van der Waals surface area contributed by atoms with Crippen molar-refractivity contribution in [3.8, 4) is 33.9 Å². The Labute approximate surface area is 207 Å². The Morgan fingerprint density at radius 3 is 2.44 bits per heavy atom. The first-order valence-electron chi connectivity index (χ1n) is 11.7. The van der Waals surface area contributed by atoms with Gasteiger partial charge in [0.15, 0.2) is 17.1 Å². The lowest BCUT2D eigenvalue weighted by molar-refractivity contribution is 0.150. The number of ether oxygens (including phenoxy) is 1. The number of methoxy groups -OCH3 is 1. The Morgan fingerprint density at radius 1 is 1.00 bits per heavy atom. The van der Waals surface area contributed by atoms with E-state index in [2.05, 4.69) is 32.3 Å². The summed E-state index contributed by atoms with van der Waals surface area (Å²) in [6.07, 6.45) is 0. The molecule has 0 atom stereocenters. The standard InChI is InChI=1S/C26H27N7O3/c1-16-27-25-24(26(35)28-16)20(18-6-9-22(34)23(14-18)36-3)15-21(29-25)17-4-7-19(8-5-17)30-31-33-12-10-32(2)11-13-33/h4-9,14-15,34H,10-13H2,1-3H3,(H,27,28,29,35). The van der Waals surface area contributed by atoms with Gasteiger partial charge in [-0.3, -0.25) is 9.80 Å². The van der Waals surface area contributed by atoms with Crippen LogP contribution in [0.5, 0.6) is 11.5 Å². The van der Waals surface area contributed by atoms with Crippen molar-refractivity contribution in [1.29, 1.82) is 0 Å². The molecular weight excluding hydrogens is 458 g/mol. The van der Waals surface area contributed by atoms with E-state index in [1.54, 1.807) is 19.1 Å². The summed E-state index contributed by atoms with van der Waals surface area (Å²) in [6, 6.07) is 14.4. The summed E-state index contributed by atoms with van der Waals surface area (Å²) in [5.41, 5.74) is 3.65. The van der Waals surface area contributed by atoms with E-state index in [0.29, 0.717) is 39.4 Å². The molecule has 1 aliphatic rings. The molecule has 4 aromatic rings. The number of aromatic hydroxyl groups is 1. The number of phenolic OH excluding ortho intramolecular Hbond substituents is 1. The van der Waals surface area contributed by atoms with Gasteiger partial charge in [0, 0.05) is 24.2 Å². The zero-order valence-electron chi connectivity index (χ0n) is 20.4. The van der Waals surface area contributed by atoms with E-state index in [1.165, 1.54) is 13.2 Å². The molecule has 10 heteroatoms. The fourth-order valence-corrected chi connectivity index (χ4v) is 4.17. The van der Waals surface area contributed by atoms with Crippen LogP contribution in [0.1, 0.15) is 5.82 Å². The largest absolute Gasteiger partial charge is 0.504 e. The van der Waals surface area contributed by atoms with Gasteiger partial charge in [-0.25, -0.2) is 9.97 Å². The topological polar surface area (TPSA) is 119 Å². The molecule has 1 fully saturated rings. The number of piperazine rings is 1. The second kappa shape index (κ2) is 9.74. The van der Waals surface area contributed by atoms with Crippen molar-refractivity contribution in [3.63, 3.8) is 0 Å². The molecule has 5 rings (SSSR count). The molecule has 0 saturated carbocycles. The SMILES string of the molecule is COc1cc(-c2cc(-c3ccc(N=NN4CCN(C)CC4)cc3)nc3nc(C)[nH]c(=O)c23)ccc1O. The van der Waals surface area contributed by atoms with Gasteiger partial charge in [-0.1, -0.05) is 23.4 Å². The number of nitrogens with zero attached hydrogens (tertiary/aromatic N) is 6. The summed E-state index contributed by atoms with van der Waals surface area (Å²) in [4.78, 5) is 27.1. The first kappa shape index (κ1) is 23.4. The maximum Gasteiger partial charge on any atom is 0.261 e. The highest BCUT2D eigenvalue weighted by Gasteiger charge is 2.16. The summed E-state index contributed by atoms with van der Waals surface area (Å²) < 4.78 is 5.28. The highest BCUT2D eigenvalue weighted by atomic mass is 16.5. The predicted octanol–water partition coefficient (Wildman–Crippen LogP) is 3.92. The fraction of sp³-hybridized carbons (Fsp3) is 0.269. The normalized spacial score (nSPS) is 14.6. The van der Waals surface area contributed by atoms with E-state index in [4.69, 9.17) is 9.72 Å². The van der Waals surface area contributed by atoms with E-state index in [9.17, 15) is 9.90 Å². The van der Waals surface area contributed by atoms with E-state index in [1.807, 2.05) is 35.3 Å². The number of nitrogens with one attached hydrogen (secondary N) is 1. The molecule has 0 amide bonds. The van der Waals surface area contributed by atoms with Crippen LogP contribution in [0.3, 0.4) is 0 Å². The summed E-state index contributed by atoms with van der Waals surface area (Å²) >= 11 is 0. The van der Waals surface area contributed by atoms with Crippen LogP contribution in [-0.2, 0) is 0 Å². The molecule has 0 bridgehead atoms. The Balaban J connectivity index is 1.53. The Morgan fingerprint density at radius 2 is 1.72 bits per heavy atom. The summed E-state index contributed by atoms with van der Waals surface area (Å²) in [5.74, 6) is 0.806. The van der Waals surface area contributed by atoms with Gasteiger partial charge in [0.25, 0.3) is 5.56 Å². The third-order valence-electron chi connectivity index (χ3n) is 6.22. The summed E-state index contributed by atoms with van der Waals surface area (Å²) in [5, 5.41) is 21.1. The number of hydrogen-bond acceptors (Lipinski definition) is 8. The van der Waals surface area contributed by atoms with Gasteiger partial charge in [0.2, 0.25) is 0 Å². The van der Waals surface area contributed by atoms with E-state index < -0.39 is 0 Å². The van der Waals surface area contributed by atoms with Crippen molar-refractivity contribution in [1.82, 2.24) is 24.9 Å². The number of aromatic nitrogens is 3. The van der Waals surface area contributed by atoms with E-state index in [-0.39, 0.29) is 11.3 Å². The third-order valence-corrected chi connectivity index (χ3v) is 6.22. The molecule has 0 unspecified atom stereocenters. The Bertz CT molecular complexity index is 1490. The number of H-pyrrole nitrogens is 1. The molecule has 10 nitrogen and oxygen atoms in total. The number of hydrogen-bond donors (Lipinski definition) is 2. The molecule has 0 spiro atoms. The van der Waals surface area contributed by atoms with Crippen LogP contribution >= 0.6 is 0 Å². The lowest BCUT2D eigenvalue weighted by Crippen LogP contribution is -2.41. The molecule has 2 N–H and O–H groups in total. The zero-order valence-corrected chi connectivity index (χ0v) is 20.4. The Hall–Kier alpha value is -4.31. The van der Waals surface area contributed by atoms with Crippen LogP contribution in [0, 0.1) is 6.92 Å². The Kier molecular flexibility index (Phi) is 6.34. The molecule has 0 radical (unpaired) electrons. The van der Waals surface area contributed by atoms with Gasteiger partial charge < -0.3 is 19.7 Å². The number of fused-ring (bicyclic) bond motifs is 1. The maximum atomic E-state index is 12.9. The molecule has 2 aromatic heterocycles. The quantitative estimate of drug-likeness (QED) is 0.411. The van der Waals surface area contributed by atoms with E-state index >= 15 is 0 Å². The lowest BCUT2D eigenvalue weighted by Gasteiger charge is -2.29. The smallest absolute Gasteiger partial charge is 0.261 e. The first-order chi connectivity index (χ1) is 17.4. The number of benzene rings is 2. The monoisotopic (exact) mass is 485 g/mol. The van der Waals surface area contributed by atoms with Crippen molar-refractivity contribution in [2.75, 3.05) is 40.3 Å². The van der Waals surface area contributed by atoms with Gasteiger partial charge >= 0.3 is 0 Å². The van der Waals surface area contributed by atoms with Gasteiger partial charge in [0.1, 0.15) is 5.82 Å². The average Bonchev–Trinajstić information content (AvgIpc) is 2.88. The highest BCUT2D eigenvalue weighted by Crippen LogP contribution is 2.35. The van der Waals surface area contributed by atoms with Gasteiger partial charge in [-0.2, -0.15) is 0 Å². The van der Waals surface area contributed by atoms with Crippen molar-refractivity contribution >= 4 is 16.7 Å². The predicted molar refractivity (Wildman–Crippen MR) is 138 cm³/mol. The number of pyridine rings is 1. The fourth-order valence-electron chi connectivity index (χ4n) is 4.17. The molecular formula is C26H27N7O3. The minimum absolute atomic E-state index is 0.0176. The third kappa shape index (κ3) is 4.76. The maximum absolute atomic E-state index is 12.9. The van der Waals surface area contributed by atoms with E-state index in [0.717, 1.165) is 37.4 Å². The first-order valence-corrected chi connectivity index (χ1v) is 11.7. The second-order valence-electron chi connectivity index (χ2n) is 8.78. The van der Waals surface area contributed by atoms with Gasteiger partial charge in [-0.05, 0) is 49.9 Å². The molecule has 3 heterocycles. The molecule has 184 valence electrons. The van der Waals surface area contributed by atoms with Crippen LogP contribution in [0.25, 0.3) is 33.4 Å². The number of aryl methyl sites for hydroxylation is 1. The second-order valence-corrected chi connectivity index (χ2v) is 8.78. The van der Waals surface area contributed by atoms with Crippen LogP contribution in [0.4, 0.5) is 5.69 Å². The molecule has 1 saturated heterocycles. The van der Waals surface area contributed by atoms with Crippen LogP contribution in [0.2, 0.25) is 0 Å². The van der Waals surface area contributed by atoms with Crippen LogP contribution < -0.4 is 10.3 Å². The number of rotatable bonds is 5. The minimum Gasteiger partial charge on any atom is -0.504 e. The zero-order chi connectivity index (χ0) is 25.2. The van der Waals surface area contributed by atoms with Crippen molar-refractivity contribution < 1.29 is 9.84 Å². The van der Waals surface area contributed by atoms with Gasteiger partial charge in [0.05, 0.1) is 37.0 Å². The molecule has 1 aliphatic heterocycles. The minimum atomic E-state index is -0.279. The highest BCUT2D eigenvalue weighted by molar-refractivity contribution is 5.94. The summed E-state index contributed by atoms with van der Waals surface area (Å²) in [7, 11) is 3.58. The number of aromatic amines is 1. The van der Waals surface area contributed by atoms with Crippen molar-refractivity contribution in [3.05, 3.63) is 64.7 Å². The van der Waals surface area contributed by atoms with Crippen LogP contribution in [0.15, 0.2) is 63.7 Å². The molecule has 36 heavy (non-hydrogen) atoms. The molecule has 2 aromatic carbocycles. The molecule has 0 aliphatic carbocycles. The lowest BCUT2D eigenvalue weighted by atomic mass is 9.99. The summed E-state index contributed by atoms with van der Waals surface area (Å²) in [6.45, 7) is 5.37. The average molecular weight is 486 g/mol. The van der Waals surface area contributed by atoms with Crippen molar-refractivity contribution in [2.24, 2.45) is 10.3 Å².